The number of nitrogens with zero attached hydrogens (tertiary/aromatic N) is 3. The molecule has 0 unspecified atom stereocenters. The van der Waals surface area contributed by atoms with Crippen LogP contribution in [0.1, 0.15) is 51.4 Å². The fourth-order valence-corrected chi connectivity index (χ4v) is 5.15. The predicted octanol–water partition coefficient (Wildman–Crippen LogP) is 3.66. The van der Waals surface area contributed by atoms with Crippen molar-refractivity contribution in [2.24, 2.45) is 0 Å². The van der Waals surface area contributed by atoms with Gasteiger partial charge in [-0.05, 0) is 37.8 Å². The van der Waals surface area contributed by atoms with E-state index in [0.717, 1.165) is 61.9 Å². The Bertz CT molecular complexity index is 846. The normalized spacial score (nSPS) is 21.9. The summed E-state index contributed by atoms with van der Waals surface area (Å²) in [5, 5.41) is 3.91. The van der Waals surface area contributed by atoms with Crippen LogP contribution in [0.25, 0.3) is 11.0 Å². The molecule has 0 radical (unpaired) electrons. The zero-order valence-electron chi connectivity index (χ0n) is 17.0. The molecule has 2 aromatic heterocycles. The monoisotopic (exact) mass is 397 g/mol. The van der Waals surface area contributed by atoms with Gasteiger partial charge in [0.05, 0.1) is 0 Å². The molecule has 3 aliphatic rings. The van der Waals surface area contributed by atoms with Crippen LogP contribution in [0.3, 0.4) is 0 Å². The summed E-state index contributed by atoms with van der Waals surface area (Å²) in [4.78, 5) is 25.1. The molecule has 5 rings (SSSR count). The average Bonchev–Trinajstić information content (AvgIpc) is 3.49. The minimum absolute atomic E-state index is 0.250. The van der Waals surface area contributed by atoms with Crippen LogP contribution in [0.5, 0.6) is 5.88 Å². The van der Waals surface area contributed by atoms with Crippen molar-refractivity contribution < 1.29 is 9.53 Å². The van der Waals surface area contributed by atoms with Crippen molar-refractivity contribution in [3.05, 3.63) is 18.2 Å². The number of carbonyl (C=O) groups is 1. The van der Waals surface area contributed by atoms with Crippen LogP contribution >= 0.6 is 0 Å². The number of hydrogen-bond acceptors (Lipinski definition) is 5. The summed E-state index contributed by atoms with van der Waals surface area (Å²) in [5.74, 6) is 1.44. The lowest BCUT2D eigenvalue weighted by atomic mass is 10.2. The summed E-state index contributed by atoms with van der Waals surface area (Å²) >= 11 is 0. The van der Waals surface area contributed by atoms with Crippen molar-refractivity contribution in [3.8, 4) is 5.88 Å². The quantitative estimate of drug-likeness (QED) is 0.824. The molecule has 156 valence electrons. The van der Waals surface area contributed by atoms with Crippen molar-refractivity contribution in [2.45, 2.75) is 63.5 Å². The number of H-pyrrole nitrogens is 1. The Kier molecular flexibility index (Phi) is 5.31. The second-order valence-electron chi connectivity index (χ2n) is 8.72. The summed E-state index contributed by atoms with van der Waals surface area (Å²) in [6.45, 7) is 4.27. The van der Waals surface area contributed by atoms with Crippen LogP contribution in [-0.2, 0) is 0 Å². The molecule has 0 atom stereocenters. The van der Waals surface area contributed by atoms with Crippen LogP contribution in [0.4, 0.5) is 10.6 Å². The minimum atomic E-state index is -0.383. The van der Waals surface area contributed by atoms with E-state index in [1.807, 2.05) is 6.07 Å². The zero-order chi connectivity index (χ0) is 19.6. The first-order valence-electron chi connectivity index (χ1n) is 11.2. The SMILES string of the molecule is O=C(NC1CCCC1)Oc1cc2ccc(N3CCN(C4CCCC4)CC3)nc2[nH]1. The van der Waals surface area contributed by atoms with E-state index in [9.17, 15) is 4.79 Å². The molecule has 7 nitrogen and oxygen atoms in total. The number of aromatic amines is 1. The number of ether oxygens (including phenoxy) is 1. The van der Waals surface area contributed by atoms with E-state index in [0.29, 0.717) is 5.88 Å². The third kappa shape index (κ3) is 4.20. The van der Waals surface area contributed by atoms with Gasteiger partial charge in [0, 0.05) is 49.7 Å². The predicted molar refractivity (Wildman–Crippen MR) is 114 cm³/mol. The van der Waals surface area contributed by atoms with E-state index in [1.54, 1.807) is 0 Å². The fraction of sp³-hybridized carbons (Fsp3) is 0.636. The molecule has 3 fully saturated rings. The maximum absolute atomic E-state index is 12.1. The Morgan fingerprint density at radius 1 is 1.03 bits per heavy atom. The minimum Gasteiger partial charge on any atom is -0.393 e. The highest BCUT2D eigenvalue weighted by molar-refractivity contribution is 5.81. The first-order valence-corrected chi connectivity index (χ1v) is 11.2. The van der Waals surface area contributed by atoms with E-state index in [4.69, 9.17) is 9.72 Å². The summed E-state index contributed by atoms with van der Waals surface area (Å²) in [6, 6.07) is 7.02. The molecule has 1 saturated heterocycles. The molecule has 1 aliphatic heterocycles. The molecular weight excluding hydrogens is 366 g/mol. The van der Waals surface area contributed by atoms with Gasteiger partial charge in [0.25, 0.3) is 0 Å². The third-order valence-electron chi connectivity index (χ3n) is 6.80. The van der Waals surface area contributed by atoms with Crippen LogP contribution in [0, 0.1) is 0 Å². The molecule has 1 amide bonds. The van der Waals surface area contributed by atoms with Gasteiger partial charge in [0.1, 0.15) is 11.5 Å². The molecule has 2 aliphatic carbocycles. The van der Waals surface area contributed by atoms with Gasteiger partial charge in [-0.3, -0.25) is 4.90 Å². The highest BCUT2D eigenvalue weighted by Crippen LogP contribution is 2.27. The Morgan fingerprint density at radius 2 is 1.76 bits per heavy atom. The number of piperazine rings is 1. The summed E-state index contributed by atoms with van der Waals surface area (Å²) in [5.41, 5.74) is 0.768. The fourth-order valence-electron chi connectivity index (χ4n) is 5.15. The van der Waals surface area contributed by atoms with Gasteiger partial charge in [-0.1, -0.05) is 25.7 Å². The van der Waals surface area contributed by atoms with Gasteiger partial charge in [-0.15, -0.1) is 0 Å². The van der Waals surface area contributed by atoms with Crippen LogP contribution in [0.15, 0.2) is 18.2 Å². The Labute approximate surface area is 171 Å². The number of pyridine rings is 1. The zero-order valence-corrected chi connectivity index (χ0v) is 17.0. The Morgan fingerprint density at radius 3 is 2.52 bits per heavy atom. The lowest BCUT2D eigenvalue weighted by Crippen LogP contribution is -2.49. The maximum atomic E-state index is 12.1. The molecule has 29 heavy (non-hydrogen) atoms. The van der Waals surface area contributed by atoms with Crippen LogP contribution in [0.2, 0.25) is 0 Å². The van der Waals surface area contributed by atoms with Gasteiger partial charge in [-0.25, -0.2) is 9.78 Å². The number of carbonyl (C=O) groups excluding carboxylic acids is 1. The molecule has 7 heteroatoms. The number of rotatable bonds is 4. The van der Waals surface area contributed by atoms with Crippen molar-refractivity contribution >= 4 is 22.9 Å². The van der Waals surface area contributed by atoms with Crippen molar-refractivity contribution in [3.63, 3.8) is 0 Å². The first kappa shape index (κ1) is 18.7. The summed E-state index contributed by atoms with van der Waals surface area (Å²) < 4.78 is 5.45. The average molecular weight is 398 g/mol. The summed E-state index contributed by atoms with van der Waals surface area (Å²) in [7, 11) is 0. The lowest BCUT2D eigenvalue weighted by Gasteiger charge is -2.38. The van der Waals surface area contributed by atoms with Gasteiger partial charge in [-0.2, -0.15) is 0 Å². The number of fused-ring (bicyclic) bond motifs is 1. The highest BCUT2D eigenvalue weighted by atomic mass is 16.6. The highest BCUT2D eigenvalue weighted by Gasteiger charge is 2.26. The third-order valence-corrected chi connectivity index (χ3v) is 6.80. The standard InChI is InChI=1S/C22H31N5O2/c28-22(23-17-5-1-2-6-17)29-20-15-16-9-10-19(24-21(16)25-20)27-13-11-26(12-14-27)18-7-3-4-8-18/h9-10,15,17-18H,1-8,11-14H2,(H,23,28)(H,24,25). The Hall–Kier alpha value is -2.28. The number of anilines is 1. The van der Waals surface area contributed by atoms with Crippen molar-refractivity contribution in [1.29, 1.82) is 0 Å². The molecule has 0 aromatic carbocycles. The number of amides is 1. The van der Waals surface area contributed by atoms with Gasteiger partial charge >= 0.3 is 6.09 Å². The van der Waals surface area contributed by atoms with E-state index in [-0.39, 0.29) is 12.1 Å². The second kappa shape index (κ2) is 8.22. The molecule has 2 saturated carbocycles. The second-order valence-corrected chi connectivity index (χ2v) is 8.72. The molecule has 2 N–H and O–H groups in total. The van der Waals surface area contributed by atoms with E-state index >= 15 is 0 Å². The largest absolute Gasteiger partial charge is 0.414 e. The van der Waals surface area contributed by atoms with Gasteiger partial charge in [0.15, 0.2) is 0 Å². The molecule has 0 spiro atoms. The van der Waals surface area contributed by atoms with E-state index < -0.39 is 0 Å². The smallest absolute Gasteiger partial charge is 0.393 e. The summed E-state index contributed by atoms with van der Waals surface area (Å²) in [6.07, 6.45) is 9.57. The van der Waals surface area contributed by atoms with E-state index in [2.05, 4.69) is 32.2 Å². The van der Waals surface area contributed by atoms with Crippen LogP contribution < -0.4 is 15.0 Å². The topological polar surface area (TPSA) is 73.5 Å². The lowest BCUT2D eigenvalue weighted by molar-refractivity contribution is 0.187. The molecule has 0 bridgehead atoms. The number of nitrogens with one attached hydrogen (secondary N) is 2. The van der Waals surface area contributed by atoms with Gasteiger partial charge < -0.3 is 19.9 Å². The number of aromatic nitrogens is 2. The van der Waals surface area contributed by atoms with E-state index in [1.165, 1.54) is 38.5 Å². The molecular formula is C22H31N5O2. The maximum Gasteiger partial charge on any atom is 0.414 e. The van der Waals surface area contributed by atoms with Gasteiger partial charge in [0.2, 0.25) is 5.88 Å². The molecule has 3 heterocycles. The molecule has 2 aromatic rings. The Balaban J connectivity index is 1.21. The number of hydrogen-bond donors (Lipinski definition) is 2. The van der Waals surface area contributed by atoms with Crippen molar-refractivity contribution in [1.82, 2.24) is 20.2 Å². The van der Waals surface area contributed by atoms with Crippen LogP contribution in [-0.4, -0.2) is 59.2 Å². The first-order chi connectivity index (χ1) is 14.2. The van der Waals surface area contributed by atoms with Crippen molar-refractivity contribution in [2.75, 3.05) is 31.1 Å².